The highest BCUT2D eigenvalue weighted by molar-refractivity contribution is 5.85. The quantitative estimate of drug-likeness (QED) is 0.450. The average molecular weight is 496 g/mol. The van der Waals surface area contributed by atoms with Gasteiger partial charge in [-0.2, -0.15) is 0 Å². The molecule has 0 radical (unpaired) electrons. The van der Waals surface area contributed by atoms with E-state index in [1.165, 1.54) is 10.9 Å². The van der Waals surface area contributed by atoms with Crippen LogP contribution in [0.25, 0.3) is 10.9 Å². The second-order valence-corrected chi connectivity index (χ2v) is 10.8. The van der Waals surface area contributed by atoms with Crippen molar-refractivity contribution in [2.45, 2.75) is 57.5 Å². The van der Waals surface area contributed by atoms with Gasteiger partial charge in [-0.1, -0.05) is 18.2 Å². The summed E-state index contributed by atoms with van der Waals surface area (Å²) in [6.45, 7) is 6.28. The molecule has 2 aromatic heterocycles. The summed E-state index contributed by atoms with van der Waals surface area (Å²) in [6.07, 6.45) is 7.67. The van der Waals surface area contributed by atoms with Gasteiger partial charge in [0.05, 0.1) is 6.04 Å². The highest BCUT2D eigenvalue weighted by atomic mass is 19.1. The van der Waals surface area contributed by atoms with Crippen LogP contribution in [0.1, 0.15) is 56.0 Å². The van der Waals surface area contributed by atoms with Crippen LogP contribution in [0.5, 0.6) is 0 Å². The lowest BCUT2D eigenvalue weighted by Crippen LogP contribution is -2.43. The minimum absolute atomic E-state index is 0.101. The van der Waals surface area contributed by atoms with Gasteiger partial charge in [0, 0.05) is 81.4 Å². The number of para-hydroxylation sites is 1. The minimum atomic E-state index is -1.29. The molecule has 0 spiro atoms. The number of hydrogen-bond acceptors (Lipinski definition) is 6. The summed E-state index contributed by atoms with van der Waals surface area (Å²) in [6, 6.07) is 8.30. The lowest BCUT2D eigenvalue weighted by molar-refractivity contribution is -0.115. The number of methoxy groups -OCH3 is 2. The molecule has 1 saturated heterocycles. The maximum Gasteiger partial charge on any atom is 0.225 e. The second-order valence-electron chi connectivity index (χ2n) is 10.8. The van der Waals surface area contributed by atoms with Crippen molar-refractivity contribution in [3.05, 3.63) is 53.5 Å². The van der Waals surface area contributed by atoms with Gasteiger partial charge >= 0.3 is 0 Å². The summed E-state index contributed by atoms with van der Waals surface area (Å²) >= 11 is 0. The summed E-state index contributed by atoms with van der Waals surface area (Å²) in [7, 11) is 3.39. The van der Waals surface area contributed by atoms with Crippen LogP contribution in [0.2, 0.25) is 0 Å². The molecule has 1 N–H and O–H groups in total. The lowest BCUT2D eigenvalue weighted by Gasteiger charge is -2.38. The number of hydrogen-bond donors (Lipinski definition) is 1. The van der Waals surface area contributed by atoms with E-state index in [4.69, 9.17) is 19.4 Å². The molecule has 8 heteroatoms. The summed E-state index contributed by atoms with van der Waals surface area (Å²) in [5.41, 5.74) is 3.28. The Hall–Kier alpha value is -2.55. The van der Waals surface area contributed by atoms with E-state index in [1.54, 1.807) is 28.1 Å². The van der Waals surface area contributed by atoms with Crippen LogP contribution in [0.15, 0.2) is 36.7 Å². The molecule has 3 aromatic rings. The monoisotopic (exact) mass is 495 g/mol. The van der Waals surface area contributed by atoms with E-state index in [0.29, 0.717) is 12.5 Å². The average Bonchev–Trinajstić information content (AvgIpc) is 3.25. The van der Waals surface area contributed by atoms with Gasteiger partial charge in [-0.3, -0.25) is 4.90 Å². The molecule has 1 fully saturated rings. The molecule has 2 aliphatic rings. The smallest absolute Gasteiger partial charge is 0.225 e. The van der Waals surface area contributed by atoms with Crippen molar-refractivity contribution in [2.24, 2.45) is 5.92 Å². The van der Waals surface area contributed by atoms with E-state index < -0.39 is 5.67 Å². The van der Waals surface area contributed by atoms with E-state index in [9.17, 15) is 4.39 Å². The van der Waals surface area contributed by atoms with Crippen LogP contribution in [-0.4, -0.2) is 72.2 Å². The van der Waals surface area contributed by atoms with Gasteiger partial charge in [-0.15, -0.1) is 0 Å². The normalized spacial score (nSPS) is 19.8. The first-order valence-corrected chi connectivity index (χ1v) is 13.0. The zero-order valence-electron chi connectivity index (χ0n) is 21.8. The topological polar surface area (TPSA) is 66.5 Å². The Labute approximate surface area is 213 Å². The number of H-pyrrole nitrogens is 1. The maximum atomic E-state index is 14.8. The lowest BCUT2D eigenvalue weighted by atomic mass is 9.92. The molecular weight excluding hydrogens is 457 g/mol. The van der Waals surface area contributed by atoms with Crippen LogP contribution in [0, 0.1) is 5.92 Å². The molecule has 1 aromatic carbocycles. The van der Waals surface area contributed by atoms with Gasteiger partial charge in [-0.05, 0) is 50.7 Å². The standard InChI is InChI=1S/C28H38FN5O2/c1-28(2,29)18-34-14-11-22-21-7-5-6-8-23(21)32-25(22)26(34)20-16-30-27(31-17-20)33-12-9-19(10-13-33)15-24(35-3)36-4/h5-8,16-17,19,24,26,32H,9-15,18H2,1-4H3. The van der Waals surface area contributed by atoms with Crippen molar-refractivity contribution >= 4 is 16.9 Å². The van der Waals surface area contributed by atoms with Crippen LogP contribution in [0.3, 0.4) is 0 Å². The molecule has 0 aliphatic carbocycles. The molecule has 0 amide bonds. The zero-order chi connectivity index (χ0) is 25.3. The fraction of sp³-hybridized carbons (Fsp3) is 0.571. The molecule has 5 rings (SSSR count). The molecule has 1 unspecified atom stereocenters. The fourth-order valence-electron chi connectivity index (χ4n) is 5.89. The van der Waals surface area contributed by atoms with E-state index in [-0.39, 0.29) is 12.3 Å². The molecule has 0 bridgehead atoms. The number of rotatable bonds is 8. The van der Waals surface area contributed by atoms with Crippen molar-refractivity contribution in [1.29, 1.82) is 0 Å². The Morgan fingerprint density at radius 2 is 1.78 bits per heavy atom. The molecule has 0 saturated carbocycles. The second kappa shape index (κ2) is 10.4. The first-order valence-electron chi connectivity index (χ1n) is 13.0. The summed E-state index contributed by atoms with van der Waals surface area (Å²) in [5, 5.41) is 1.25. The zero-order valence-corrected chi connectivity index (χ0v) is 21.8. The molecule has 1 atom stereocenters. The molecule has 7 nitrogen and oxygen atoms in total. The number of aromatic nitrogens is 3. The predicted octanol–water partition coefficient (Wildman–Crippen LogP) is 4.88. The summed E-state index contributed by atoms with van der Waals surface area (Å²) in [4.78, 5) is 17.7. The van der Waals surface area contributed by atoms with Gasteiger partial charge in [0.15, 0.2) is 6.29 Å². The first-order chi connectivity index (χ1) is 17.4. The Balaban J connectivity index is 1.36. The molecule has 194 valence electrons. The number of benzene rings is 1. The fourth-order valence-corrected chi connectivity index (χ4v) is 5.89. The molecule has 2 aliphatic heterocycles. The molecule has 36 heavy (non-hydrogen) atoms. The summed E-state index contributed by atoms with van der Waals surface area (Å²) in [5.74, 6) is 1.34. The third-order valence-corrected chi connectivity index (χ3v) is 7.64. The third kappa shape index (κ3) is 5.26. The van der Waals surface area contributed by atoms with Crippen molar-refractivity contribution < 1.29 is 13.9 Å². The van der Waals surface area contributed by atoms with E-state index in [1.807, 2.05) is 18.5 Å². The van der Waals surface area contributed by atoms with Crippen LogP contribution < -0.4 is 4.90 Å². The Kier molecular flexibility index (Phi) is 7.28. The predicted molar refractivity (Wildman–Crippen MR) is 140 cm³/mol. The largest absolute Gasteiger partial charge is 0.357 e. The van der Waals surface area contributed by atoms with E-state index in [0.717, 1.165) is 68.0 Å². The number of nitrogens with one attached hydrogen (secondary N) is 1. The number of ether oxygens (including phenoxy) is 2. The van der Waals surface area contributed by atoms with Gasteiger partial charge in [0.1, 0.15) is 5.67 Å². The number of fused-ring (bicyclic) bond motifs is 3. The van der Waals surface area contributed by atoms with Crippen molar-refractivity contribution in [1.82, 2.24) is 19.9 Å². The van der Waals surface area contributed by atoms with Crippen molar-refractivity contribution in [2.75, 3.05) is 45.3 Å². The first kappa shape index (κ1) is 25.1. The number of nitrogens with zero attached hydrogens (tertiary/aromatic N) is 4. The van der Waals surface area contributed by atoms with Crippen LogP contribution >= 0.6 is 0 Å². The van der Waals surface area contributed by atoms with Crippen LogP contribution in [-0.2, 0) is 15.9 Å². The Bertz CT molecular complexity index is 1150. The third-order valence-electron chi connectivity index (χ3n) is 7.64. The maximum absolute atomic E-state index is 14.8. The molecular formula is C28H38FN5O2. The van der Waals surface area contributed by atoms with Gasteiger partial charge in [-0.25, -0.2) is 14.4 Å². The Morgan fingerprint density at radius 3 is 2.44 bits per heavy atom. The van der Waals surface area contributed by atoms with Crippen LogP contribution in [0.4, 0.5) is 10.3 Å². The molecule has 4 heterocycles. The highest BCUT2D eigenvalue weighted by Crippen LogP contribution is 2.39. The number of aromatic amines is 1. The van der Waals surface area contributed by atoms with Crippen molar-refractivity contribution in [3.63, 3.8) is 0 Å². The number of alkyl halides is 1. The Morgan fingerprint density at radius 1 is 1.08 bits per heavy atom. The SMILES string of the molecule is COC(CC1CCN(c2ncc(C3c4[nH]c5ccccc5c4CCN3CC(C)(C)F)cn2)CC1)OC. The number of piperidine rings is 1. The number of anilines is 1. The highest BCUT2D eigenvalue weighted by Gasteiger charge is 2.35. The van der Waals surface area contributed by atoms with E-state index >= 15 is 0 Å². The van der Waals surface area contributed by atoms with Gasteiger partial charge in [0.2, 0.25) is 5.95 Å². The van der Waals surface area contributed by atoms with Gasteiger partial charge < -0.3 is 19.4 Å². The van der Waals surface area contributed by atoms with Crippen molar-refractivity contribution in [3.8, 4) is 0 Å². The summed E-state index contributed by atoms with van der Waals surface area (Å²) < 4.78 is 25.6. The van der Waals surface area contributed by atoms with E-state index in [2.05, 4.69) is 33.0 Å². The number of halogens is 1. The van der Waals surface area contributed by atoms with Gasteiger partial charge in [0.25, 0.3) is 0 Å². The minimum Gasteiger partial charge on any atom is -0.357 e.